The molecule has 1 N–H and O–H groups in total. The molecule has 26 heavy (non-hydrogen) atoms. The maximum atomic E-state index is 13.6. The number of benzene rings is 2. The van der Waals surface area contributed by atoms with E-state index in [0.717, 1.165) is 54.3 Å². The summed E-state index contributed by atoms with van der Waals surface area (Å²) in [6, 6.07) is 14.8. The smallest absolute Gasteiger partial charge is 0.123 e. The first-order valence-electron chi connectivity index (χ1n) is 8.95. The third-order valence-electron chi connectivity index (χ3n) is 5.12. The van der Waals surface area contributed by atoms with Gasteiger partial charge in [0.05, 0.1) is 6.20 Å². The molecule has 1 fully saturated rings. The van der Waals surface area contributed by atoms with Crippen LogP contribution in [0.5, 0.6) is 0 Å². The minimum Gasteiger partial charge on any atom is -0.299 e. The fraction of sp³-hybridized carbons (Fsp3) is 0.286. The second-order valence-corrected chi connectivity index (χ2v) is 7.32. The third kappa shape index (κ3) is 3.81. The molecule has 1 saturated heterocycles. The highest BCUT2D eigenvalue weighted by molar-refractivity contribution is 6.30. The number of halogens is 2. The number of aromatic amines is 1. The molecule has 5 heteroatoms. The highest BCUT2D eigenvalue weighted by atomic mass is 35.5. The SMILES string of the molecule is Fc1cccc(-c2cn[nH]c2C2CCN(Cc3ccc(Cl)cc3)CC2)c1. The van der Waals surface area contributed by atoms with Crippen LogP contribution in [-0.4, -0.2) is 28.2 Å². The van der Waals surface area contributed by atoms with E-state index in [9.17, 15) is 4.39 Å². The topological polar surface area (TPSA) is 31.9 Å². The van der Waals surface area contributed by atoms with E-state index in [0.29, 0.717) is 5.92 Å². The average molecular weight is 370 g/mol. The molecule has 0 aliphatic carbocycles. The van der Waals surface area contributed by atoms with Gasteiger partial charge in [0.25, 0.3) is 0 Å². The molecular formula is C21H21ClFN3. The van der Waals surface area contributed by atoms with Crippen molar-refractivity contribution in [2.75, 3.05) is 13.1 Å². The van der Waals surface area contributed by atoms with Crippen LogP contribution >= 0.6 is 11.6 Å². The van der Waals surface area contributed by atoms with Crippen LogP contribution in [0.2, 0.25) is 5.02 Å². The van der Waals surface area contributed by atoms with Crippen LogP contribution in [0.1, 0.15) is 30.0 Å². The number of nitrogens with one attached hydrogen (secondary N) is 1. The van der Waals surface area contributed by atoms with Crippen LogP contribution in [0.15, 0.2) is 54.7 Å². The Morgan fingerprint density at radius 2 is 1.88 bits per heavy atom. The largest absolute Gasteiger partial charge is 0.299 e. The number of piperidine rings is 1. The van der Waals surface area contributed by atoms with Crippen molar-refractivity contribution in [2.24, 2.45) is 0 Å². The van der Waals surface area contributed by atoms with Crippen LogP contribution in [0.4, 0.5) is 4.39 Å². The molecule has 0 saturated carbocycles. The van der Waals surface area contributed by atoms with E-state index < -0.39 is 0 Å². The van der Waals surface area contributed by atoms with Crippen LogP contribution in [-0.2, 0) is 6.54 Å². The van der Waals surface area contributed by atoms with E-state index in [1.54, 1.807) is 12.1 Å². The van der Waals surface area contributed by atoms with Crippen molar-refractivity contribution in [3.05, 3.63) is 76.8 Å². The summed E-state index contributed by atoms with van der Waals surface area (Å²) in [5.74, 6) is 0.213. The Morgan fingerprint density at radius 1 is 1.12 bits per heavy atom. The maximum Gasteiger partial charge on any atom is 0.123 e. The van der Waals surface area contributed by atoms with Gasteiger partial charge in [0.1, 0.15) is 5.82 Å². The standard InChI is InChI=1S/C21H21ClFN3/c22-18-6-4-15(5-7-18)14-26-10-8-16(9-11-26)21-20(13-24-25-21)17-2-1-3-19(23)12-17/h1-7,12-13,16H,8-11,14H2,(H,24,25). The van der Waals surface area contributed by atoms with E-state index in [4.69, 9.17) is 11.6 Å². The second kappa shape index (κ2) is 7.60. The van der Waals surface area contributed by atoms with Gasteiger partial charge in [-0.1, -0.05) is 35.9 Å². The molecule has 4 rings (SSSR count). The molecular weight excluding hydrogens is 349 g/mol. The molecule has 0 unspecified atom stereocenters. The molecule has 0 radical (unpaired) electrons. The number of likely N-dealkylation sites (tertiary alicyclic amines) is 1. The lowest BCUT2D eigenvalue weighted by atomic mass is 9.89. The molecule has 0 atom stereocenters. The van der Waals surface area contributed by atoms with Gasteiger partial charge < -0.3 is 0 Å². The number of hydrogen-bond donors (Lipinski definition) is 1. The van der Waals surface area contributed by atoms with E-state index in [1.807, 2.05) is 24.4 Å². The summed E-state index contributed by atoms with van der Waals surface area (Å²) < 4.78 is 13.6. The normalized spacial score (nSPS) is 16.1. The predicted octanol–water partition coefficient (Wildman–Crippen LogP) is 5.25. The van der Waals surface area contributed by atoms with Gasteiger partial charge in [-0.2, -0.15) is 5.10 Å². The Kier molecular flexibility index (Phi) is 5.05. The lowest BCUT2D eigenvalue weighted by Crippen LogP contribution is -2.32. The minimum absolute atomic E-state index is 0.215. The first-order chi connectivity index (χ1) is 12.7. The van der Waals surface area contributed by atoms with Gasteiger partial charge in [-0.05, 0) is 61.3 Å². The van der Waals surface area contributed by atoms with Crippen molar-refractivity contribution >= 4 is 11.6 Å². The van der Waals surface area contributed by atoms with Crippen molar-refractivity contribution in [3.8, 4) is 11.1 Å². The zero-order valence-electron chi connectivity index (χ0n) is 14.5. The zero-order chi connectivity index (χ0) is 17.9. The highest BCUT2D eigenvalue weighted by Crippen LogP contribution is 2.34. The molecule has 0 amide bonds. The molecule has 1 aromatic heterocycles. The van der Waals surface area contributed by atoms with Gasteiger partial charge >= 0.3 is 0 Å². The van der Waals surface area contributed by atoms with E-state index in [1.165, 1.54) is 11.6 Å². The molecule has 3 aromatic rings. The number of H-pyrrole nitrogens is 1. The molecule has 0 bridgehead atoms. The summed E-state index contributed by atoms with van der Waals surface area (Å²) >= 11 is 5.96. The van der Waals surface area contributed by atoms with E-state index >= 15 is 0 Å². The Labute approximate surface area is 157 Å². The van der Waals surface area contributed by atoms with Crippen molar-refractivity contribution in [1.82, 2.24) is 15.1 Å². The summed E-state index contributed by atoms with van der Waals surface area (Å²) in [5, 5.41) is 8.16. The Morgan fingerprint density at radius 3 is 2.62 bits per heavy atom. The predicted molar refractivity (Wildman–Crippen MR) is 103 cm³/mol. The third-order valence-corrected chi connectivity index (χ3v) is 5.37. The van der Waals surface area contributed by atoms with E-state index in [2.05, 4.69) is 27.2 Å². The molecule has 2 heterocycles. The highest BCUT2D eigenvalue weighted by Gasteiger charge is 2.24. The van der Waals surface area contributed by atoms with Gasteiger partial charge in [0.15, 0.2) is 0 Å². The van der Waals surface area contributed by atoms with Crippen molar-refractivity contribution in [2.45, 2.75) is 25.3 Å². The Balaban J connectivity index is 1.42. The fourth-order valence-electron chi connectivity index (χ4n) is 3.72. The summed E-state index contributed by atoms with van der Waals surface area (Å²) in [6.07, 6.45) is 3.94. The van der Waals surface area contributed by atoms with Crippen molar-refractivity contribution in [3.63, 3.8) is 0 Å². The van der Waals surface area contributed by atoms with Gasteiger partial charge in [-0.3, -0.25) is 10.00 Å². The van der Waals surface area contributed by atoms with E-state index in [-0.39, 0.29) is 5.82 Å². The summed E-state index contributed by atoms with van der Waals surface area (Å²) in [7, 11) is 0. The summed E-state index contributed by atoms with van der Waals surface area (Å²) in [6.45, 7) is 3.02. The number of aromatic nitrogens is 2. The first kappa shape index (κ1) is 17.3. The number of nitrogens with zero attached hydrogens (tertiary/aromatic N) is 2. The second-order valence-electron chi connectivity index (χ2n) is 6.88. The lowest BCUT2D eigenvalue weighted by Gasteiger charge is -2.32. The first-order valence-corrected chi connectivity index (χ1v) is 9.33. The zero-order valence-corrected chi connectivity index (χ0v) is 15.2. The summed E-state index contributed by atoms with van der Waals surface area (Å²) in [5.41, 5.74) is 4.31. The van der Waals surface area contributed by atoms with Gasteiger partial charge in [-0.15, -0.1) is 0 Å². The van der Waals surface area contributed by atoms with Crippen LogP contribution in [0.3, 0.4) is 0 Å². The monoisotopic (exact) mass is 369 g/mol. The quantitative estimate of drug-likeness (QED) is 0.681. The summed E-state index contributed by atoms with van der Waals surface area (Å²) in [4.78, 5) is 2.47. The Bertz CT molecular complexity index is 867. The van der Waals surface area contributed by atoms with Crippen molar-refractivity contribution in [1.29, 1.82) is 0 Å². The molecule has 134 valence electrons. The number of hydrogen-bond acceptors (Lipinski definition) is 2. The molecule has 2 aromatic carbocycles. The molecule has 1 aliphatic heterocycles. The van der Waals surface area contributed by atoms with Gasteiger partial charge in [0.2, 0.25) is 0 Å². The minimum atomic E-state index is -0.215. The molecule has 3 nitrogen and oxygen atoms in total. The Hall–Kier alpha value is -2.17. The van der Waals surface area contributed by atoms with Gasteiger partial charge in [0, 0.05) is 28.7 Å². The number of rotatable bonds is 4. The van der Waals surface area contributed by atoms with Gasteiger partial charge in [-0.25, -0.2) is 4.39 Å². The fourth-order valence-corrected chi connectivity index (χ4v) is 3.85. The van der Waals surface area contributed by atoms with Crippen molar-refractivity contribution < 1.29 is 4.39 Å². The molecule has 0 spiro atoms. The lowest BCUT2D eigenvalue weighted by molar-refractivity contribution is 0.203. The van der Waals surface area contributed by atoms with Crippen LogP contribution in [0.25, 0.3) is 11.1 Å². The average Bonchev–Trinajstić information content (AvgIpc) is 3.14. The van der Waals surface area contributed by atoms with Crippen LogP contribution < -0.4 is 0 Å². The maximum absolute atomic E-state index is 13.6. The molecule has 1 aliphatic rings. The van der Waals surface area contributed by atoms with Crippen LogP contribution in [0, 0.1) is 5.82 Å².